The molecular formula is C9H23NSi. The molecule has 0 saturated heterocycles. The lowest BCUT2D eigenvalue weighted by Gasteiger charge is -1.98. The molecule has 68 valence electrons. The van der Waals surface area contributed by atoms with Crippen molar-refractivity contribution in [2.45, 2.75) is 57.9 Å². The Kier molecular flexibility index (Phi) is 10.3. The van der Waals surface area contributed by atoms with Crippen LogP contribution in [-0.4, -0.2) is 9.68 Å². The Balaban J connectivity index is 2.69. The highest BCUT2D eigenvalue weighted by molar-refractivity contribution is 6.30. The van der Waals surface area contributed by atoms with Crippen molar-refractivity contribution in [2.75, 3.05) is 0 Å². The van der Waals surface area contributed by atoms with E-state index in [1.165, 1.54) is 51.0 Å². The second kappa shape index (κ2) is 10.2. The summed E-state index contributed by atoms with van der Waals surface area (Å²) in [5.74, 6) is 0. The first kappa shape index (κ1) is 11.2. The molecule has 0 spiro atoms. The Morgan fingerprint density at radius 2 is 1.45 bits per heavy atom. The molecule has 2 heteroatoms. The van der Waals surface area contributed by atoms with Gasteiger partial charge in [0.1, 0.15) is 0 Å². The summed E-state index contributed by atoms with van der Waals surface area (Å²) >= 11 is 0. The van der Waals surface area contributed by atoms with Crippen molar-refractivity contribution in [2.24, 2.45) is 5.40 Å². The quantitative estimate of drug-likeness (QED) is 0.442. The highest BCUT2D eigenvalue weighted by atomic mass is 28.2. The van der Waals surface area contributed by atoms with Crippen LogP contribution in [0.15, 0.2) is 0 Å². The summed E-state index contributed by atoms with van der Waals surface area (Å²) < 4.78 is 0. The summed E-state index contributed by atoms with van der Waals surface area (Å²) in [6.07, 6.45) is 9.93. The van der Waals surface area contributed by atoms with Crippen molar-refractivity contribution >= 4 is 9.68 Å². The maximum atomic E-state index is 5.53. The summed E-state index contributed by atoms with van der Waals surface area (Å²) in [5.41, 5.74) is 0. The van der Waals surface area contributed by atoms with Crippen molar-refractivity contribution in [3.8, 4) is 0 Å². The van der Waals surface area contributed by atoms with Gasteiger partial charge in [-0.05, 0) is 0 Å². The minimum absolute atomic E-state index is 0.130. The fourth-order valence-electron chi connectivity index (χ4n) is 1.28. The van der Waals surface area contributed by atoms with Gasteiger partial charge in [0.05, 0.1) is 9.68 Å². The summed E-state index contributed by atoms with van der Waals surface area (Å²) in [4.78, 5) is 0. The van der Waals surface area contributed by atoms with Gasteiger partial charge in [-0.15, -0.1) is 0 Å². The predicted molar refractivity (Wildman–Crippen MR) is 55.5 cm³/mol. The third-order valence-corrected chi connectivity index (χ3v) is 2.97. The number of unbranched alkanes of at least 4 members (excludes halogenated alkanes) is 6. The van der Waals surface area contributed by atoms with Crippen LogP contribution < -0.4 is 5.40 Å². The number of hydrogen-bond acceptors (Lipinski definition) is 1. The van der Waals surface area contributed by atoms with Gasteiger partial charge in [0.15, 0.2) is 0 Å². The lowest BCUT2D eigenvalue weighted by atomic mass is 10.1. The minimum atomic E-state index is -0.130. The lowest BCUT2D eigenvalue weighted by molar-refractivity contribution is 0.601. The first-order valence-electron chi connectivity index (χ1n) is 5.12. The molecule has 0 fully saturated rings. The van der Waals surface area contributed by atoms with Crippen molar-refractivity contribution < 1.29 is 0 Å². The van der Waals surface area contributed by atoms with E-state index in [1.807, 2.05) is 0 Å². The van der Waals surface area contributed by atoms with E-state index in [1.54, 1.807) is 0 Å². The van der Waals surface area contributed by atoms with E-state index in [-0.39, 0.29) is 9.68 Å². The molecule has 11 heavy (non-hydrogen) atoms. The van der Waals surface area contributed by atoms with Gasteiger partial charge in [0.25, 0.3) is 0 Å². The summed E-state index contributed by atoms with van der Waals surface area (Å²) in [6, 6.07) is 1.35. The van der Waals surface area contributed by atoms with Crippen LogP contribution in [0.2, 0.25) is 6.04 Å². The third kappa shape index (κ3) is 10.2. The maximum Gasteiger partial charge on any atom is 0.0887 e. The highest BCUT2D eigenvalue weighted by Gasteiger charge is 1.89. The normalized spacial score (nSPS) is 11.5. The van der Waals surface area contributed by atoms with Crippen molar-refractivity contribution in [3.63, 3.8) is 0 Å². The van der Waals surface area contributed by atoms with Gasteiger partial charge in [-0.25, -0.2) is 0 Å². The molecule has 0 aliphatic heterocycles. The SMILES string of the molecule is CCCCCCCCC[SiH2]N. The third-order valence-electron chi connectivity index (χ3n) is 2.06. The van der Waals surface area contributed by atoms with Gasteiger partial charge in [0, 0.05) is 0 Å². The standard InChI is InChI=1S/C9H23NSi/c1-2-3-4-5-6-7-8-9-11-10/h2-11H2,1H3. The Morgan fingerprint density at radius 3 is 2.00 bits per heavy atom. The van der Waals surface area contributed by atoms with E-state index in [0.29, 0.717) is 0 Å². The molecule has 0 heterocycles. The number of rotatable bonds is 8. The van der Waals surface area contributed by atoms with E-state index >= 15 is 0 Å². The molecule has 0 aliphatic rings. The first-order chi connectivity index (χ1) is 5.41. The molecule has 2 N–H and O–H groups in total. The zero-order chi connectivity index (χ0) is 8.36. The fraction of sp³-hybridized carbons (Fsp3) is 1.00. The maximum absolute atomic E-state index is 5.53. The van der Waals surface area contributed by atoms with Gasteiger partial charge in [-0.1, -0.05) is 57.9 Å². The molecule has 0 amide bonds. The molecule has 1 nitrogen and oxygen atoms in total. The van der Waals surface area contributed by atoms with Gasteiger partial charge >= 0.3 is 0 Å². The molecular weight excluding hydrogens is 150 g/mol. The fourth-order valence-corrected chi connectivity index (χ4v) is 1.92. The van der Waals surface area contributed by atoms with Crippen LogP contribution in [0.1, 0.15) is 51.9 Å². The summed E-state index contributed by atoms with van der Waals surface area (Å²) in [5, 5.41) is 5.53. The Bertz CT molecular complexity index is 58.6. The molecule has 0 saturated carbocycles. The van der Waals surface area contributed by atoms with Gasteiger partial charge < -0.3 is 5.40 Å². The predicted octanol–water partition coefficient (Wildman–Crippen LogP) is 2.20. The van der Waals surface area contributed by atoms with Crippen LogP contribution in [0, 0.1) is 0 Å². The average Bonchev–Trinajstić information content (AvgIpc) is 2.03. The van der Waals surface area contributed by atoms with Gasteiger partial charge in [0.2, 0.25) is 0 Å². The van der Waals surface area contributed by atoms with Crippen molar-refractivity contribution in [3.05, 3.63) is 0 Å². The second-order valence-electron chi connectivity index (χ2n) is 3.26. The van der Waals surface area contributed by atoms with Crippen molar-refractivity contribution in [1.82, 2.24) is 0 Å². The summed E-state index contributed by atoms with van der Waals surface area (Å²) in [6.45, 7) is 2.26. The molecule has 0 aromatic heterocycles. The second-order valence-corrected chi connectivity index (χ2v) is 4.55. The Hall–Kier alpha value is 0.177. The van der Waals surface area contributed by atoms with Gasteiger partial charge in [-0.3, -0.25) is 0 Å². The van der Waals surface area contributed by atoms with Crippen LogP contribution in [0.3, 0.4) is 0 Å². The molecule has 0 rings (SSSR count). The Morgan fingerprint density at radius 1 is 0.909 bits per heavy atom. The largest absolute Gasteiger partial charge is 0.356 e. The zero-order valence-electron chi connectivity index (χ0n) is 7.94. The zero-order valence-corrected chi connectivity index (χ0v) is 9.36. The molecule has 0 radical (unpaired) electrons. The number of nitrogens with two attached hydrogens (primary N) is 1. The van der Waals surface area contributed by atoms with E-state index in [4.69, 9.17) is 5.40 Å². The monoisotopic (exact) mass is 173 g/mol. The van der Waals surface area contributed by atoms with Crippen LogP contribution in [-0.2, 0) is 0 Å². The van der Waals surface area contributed by atoms with Crippen LogP contribution >= 0.6 is 0 Å². The molecule has 0 aromatic carbocycles. The molecule has 0 unspecified atom stereocenters. The smallest absolute Gasteiger partial charge is 0.0887 e. The number of hydrogen-bond donors (Lipinski definition) is 1. The van der Waals surface area contributed by atoms with E-state index in [9.17, 15) is 0 Å². The molecule has 0 aliphatic carbocycles. The first-order valence-corrected chi connectivity index (χ1v) is 6.93. The molecule has 0 bridgehead atoms. The minimum Gasteiger partial charge on any atom is -0.356 e. The van der Waals surface area contributed by atoms with Crippen LogP contribution in [0.5, 0.6) is 0 Å². The van der Waals surface area contributed by atoms with Crippen molar-refractivity contribution in [1.29, 1.82) is 0 Å². The van der Waals surface area contributed by atoms with E-state index in [2.05, 4.69) is 6.92 Å². The van der Waals surface area contributed by atoms with Crippen LogP contribution in [0.25, 0.3) is 0 Å². The molecule has 0 aromatic rings. The Labute approximate surface area is 73.7 Å². The van der Waals surface area contributed by atoms with Gasteiger partial charge in [-0.2, -0.15) is 0 Å². The van der Waals surface area contributed by atoms with Crippen LogP contribution in [0.4, 0.5) is 0 Å². The average molecular weight is 173 g/mol. The van der Waals surface area contributed by atoms with E-state index in [0.717, 1.165) is 0 Å². The molecule has 0 atom stereocenters. The lowest BCUT2D eigenvalue weighted by Crippen LogP contribution is -2.02. The highest BCUT2D eigenvalue weighted by Crippen LogP contribution is 2.07. The summed E-state index contributed by atoms with van der Waals surface area (Å²) in [7, 11) is -0.130. The topological polar surface area (TPSA) is 26.0 Å². The van der Waals surface area contributed by atoms with E-state index < -0.39 is 0 Å².